The van der Waals surface area contributed by atoms with Gasteiger partial charge in [0.15, 0.2) is 0 Å². The average Bonchev–Trinajstić information content (AvgIpc) is 2.27. The van der Waals surface area contributed by atoms with Crippen molar-refractivity contribution in [1.82, 2.24) is 14.9 Å². The molecule has 1 aliphatic rings. The van der Waals surface area contributed by atoms with Crippen molar-refractivity contribution in [2.75, 3.05) is 32.0 Å². The average molecular weight is 224 g/mol. The van der Waals surface area contributed by atoms with Gasteiger partial charge in [-0.1, -0.05) is 0 Å². The quantitative estimate of drug-likeness (QED) is 0.787. The third-order valence-electron chi connectivity index (χ3n) is 2.93. The maximum Gasteiger partial charge on any atom is 0.217 e. The number of halogens is 1. The molecule has 0 aromatic carbocycles. The fourth-order valence-electron chi connectivity index (χ4n) is 2.12. The molecule has 16 heavy (non-hydrogen) atoms. The van der Waals surface area contributed by atoms with Crippen molar-refractivity contribution in [3.8, 4) is 0 Å². The zero-order valence-electron chi connectivity index (χ0n) is 9.49. The summed E-state index contributed by atoms with van der Waals surface area (Å²) in [5.41, 5.74) is 0. The Morgan fingerprint density at radius 3 is 3.19 bits per heavy atom. The Labute approximate surface area is 94.9 Å². The zero-order chi connectivity index (χ0) is 11.4. The smallest absolute Gasteiger partial charge is 0.217 e. The van der Waals surface area contributed by atoms with Gasteiger partial charge in [0.25, 0.3) is 0 Å². The summed E-state index contributed by atoms with van der Waals surface area (Å²) in [4.78, 5) is 9.72. The van der Waals surface area contributed by atoms with Gasteiger partial charge in [-0.3, -0.25) is 0 Å². The molecule has 5 heteroatoms. The summed E-state index contributed by atoms with van der Waals surface area (Å²) in [6.07, 6.45) is 3.70. The van der Waals surface area contributed by atoms with Crippen LogP contribution >= 0.6 is 0 Å². The van der Waals surface area contributed by atoms with Crippen molar-refractivity contribution >= 4 is 5.82 Å². The SMILES string of the molecule is CN1CCCC(CNc2cc(F)ncn2)C1. The predicted molar refractivity (Wildman–Crippen MR) is 60.7 cm³/mol. The lowest BCUT2D eigenvalue weighted by Crippen LogP contribution is -2.35. The lowest BCUT2D eigenvalue weighted by atomic mass is 9.98. The maximum atomic E-state index is 12.8. The molecule has 1 fully saturated rings. The van der Waals surface area contributed by atoms with Crippen LogP contribution in [0.15, 0.2) is 12.4 Å². The molecule has 1 N–H and O–H groups in total. The van der Waals surface area contributed by atoms with E-state index in [2.05, 4.69) is 27.2 Å². The van der Waals surface area contributed by atoms with Gasteiger partial charge in [-0.2, -0.15) is 4.39 Å². The van der Waals surface area contributed by atoms with E-state index in [4.69, 9.17) is 0 Å². The van der Waals surface area contributed by atoms with Crippen molar-refractivity contribution in [3.63, 3.8) is 0 Å². The maximum absolute atomic E-state index is 12.8. The Balaban J connectivity index is 1.82. The summed E-state index contributed by atoms with van der Waals surface area (Å²) in [5.74, 6) is 0.704. The summed E-state index contributed by atoms with van der Waals surface area (Å²) in [6, 6.07) is 1.33. The standard InChI is InChI=1S/C11H17FN4/c1-16-4-2-3-9(7-16)6-13-11-5-10(12)14-8-15-11/h5,8-9H,2-4,6-7H2,1H3,(H,13,14,15). The van der Waals surface area contributed by atoms with E-state index in [0.717, 1.165) is 13.1 Å². The summed E-state index contributed by atoms with van der Waals surface area (Å²) in [5, 5.41) is 3.16. The minimum absolute atomic E-state index is 0.488. The Kier molecular flexibility index (Phi) is 3.66. The van der Waals surface area contributed by atoms with Gasteiger partial charge >= 0.3 is 0 Å². The van der Waals surface area contributed by atoms with Gasteiger partial charge in [0, 0.05) is 19.2 Å². The van der Waals surface area contributed by atoms with Crippen molar-refractivity contribution in [2.45, 2.75) is 12.8 Å². The van der Waals surface area contributed by atoms with E-state index in [1.165, 1.54) is 31.8 Å². The van der Waals surface area contributed by atoms with E-state index >= 15 is 0 Å². The Bertz CT molecular complexity index is 345. The van der Waals surface area contributed by atoms with Crippen LogP contribution in [0.1, 0.15) is 12.8 Å². The van der Waals surface area contributed by atoms with Crippen LogP contribution in [0.2, 0.25) is 0 Å². The van der Waals surface area contributed by atoms with E-state index in [1.807, 2.05) is 0 Å². The molecular formula is C11H17FN4. The largest absolute Gasteiger partial charge is 0.370 e. The summed E-state index contributed by atoms with van der Waals surface area (Å²) in [6.45, 7) is 3.12. The van der Waals surface area contributed by atoms with E-state index < -0.39 is 5.95 Å². The molecule has 0 spiro atoms. The Morgan fingerprint density at radius 1 is 1.56 bits per heavy atom. The Morgan fingerprint density at radius 2 is 2.44 bits per heavy atom. The van der Waals surface area contributed by atoms with Crippen molar-refractivity contribution in [2.24, 2.45) is 5.92 Å². The van der Waals surface area contributed by atoms with Crippen molar-refractivity contribution in [1.29, 1.82) is 0 Å². The predicted octanol–water partition coefficient (Wildman–Crippen LogP) is 1.37. The second-order valence-electron chi connectivity index (χ2n) is 4.38. The fourth-order valence-corrected chi connectivity index (χ4v) is 2.12. The van der Waals surface area contributed by atoms with Crippen LogP contribution in [-0.2, 0) is 0 Å². The van der Waals surface area contributed by atoms with Crippen molar-refractivity contribution < 1.29 is 4.39 Å². The van der Waals surface area contributed by atoms with Crippen LogP contribution in [0.3, 0.4) is 0 Å². The molecule has 1 aromatic heterocycles. The van der Waals surface area contributed by atoms with Gasteiger partial charge < -0.3 is 10.2 Å². The highest BCUT2D eigenvalue weighted by Gasteiger charge is 2.16. The van der Waals surface area contributed by atoms with Crippen LogP contribution in [0.4, 0.5) is 10.2 Å². The van der Waals surface area contributed by atoms with Gasteiger partial charge in [-0.25, -0.2) is 9.97 Å². The lowest BCUT2D eigenvalue weighted by molar-refractivity contribution is 0.217. The number of nitrogens with one attached hydrogen (secondary N) is 1. The van der Waals surface area contributed by atoms with E-state index in [0.29, 0.717) is 11.7 Å². The molecule has 4 nitrogen and oxygen atoms in total. The molecule has 2 rings (SSSR count). The number of aromatic nitrogens is 2. The lowest BCUT2D eigenvalue weighted by Gasteiger charge is -2.29. The molecular weight excluding hydrogens is 207 g/mol. The minimum Gasteiger partial charge on any atom is -0.370 e. The topological polar surface area (TPSA) is 41.0 Å². The molecule has 88 valence electrons. The second-order valence-corrected chi connectivity index (χ2v) is 4.38. The van der Waals surface area contributed by atoms with Crippen LogP contribution in [0.25, 0.3) is 0 Å². The number of likely N-dealkylation sites (tertiary alicyclic amines) is 1. The molecule has 1 aromatic rings. The van der Waals surface area contributed by atoms with Gasteiger partial charge in [-0.05, 0) is 32.4 Å². The molecule has 1 saturated heterocycles. The summed E-state index contributed by atoms with van der Waals surface area (Å²) >= 11 is 0. The van der Waals surface area contributed by atoms with Crippen LogP contribution in [0.5, 0.6) is 0 Å². The zero-order valence-corrected chi connectivity index (χ0v) is 9.49. The highest BCUT2D eigenvalue weighted by atomic mass is 19.1. The van der Waals surface area contributed by atoms with E-state index in [-0.39, 0.29) is 0 Å². The van der Waals surface area contributed by atoms with Gasteiger partial charge in [0.05, 0.1) is 0 Å². The molecule has 0 bridgehead atoms. The molecule has 2 heterocycles. The minimum atomic E-state index is -0.488. The molecule has 1 unspecified atom stereocenters. The first-order valence-corrected chi connectivity index (χ1v) is 5.64. The number of rotatable bonds is 3. The molecule has 0 saturated carbocycles. The second kappa shape index (κ2) is 5.21. The molecule has 1 atom stereocenters. The molecule has 0 radical (unpaired) electrons. The van der Waals surface area contributed by atoms with Crippen LogP contribution in [-0.4, -0.2) is 41.5 Å². The number of nitrogens with zero attached hydrogens (tertiary/aromatic N) is 3. The normalized spacial score (nSPS) is 22.0. The summed E-state index contributed by atoms with van der Waals surface area (Å²) < 4.78 is 12.8. The van der Waals surface area contributed by atoms with Gasteiger partial charge in [-0.15, -0.1) is 0 Å². The third kappa shape index (κ3) is 3.13. The first-order valence-electron chi connectivity index (χ1n) is 5.64. The molecule has 0 amide bonds. The van der Waals surface area contributed by atoms with Gasteiger partial charge in [0.2, 0.25) is 5.95 Å². The van der Waals surface area contributed by atoms with E-state index in [9.17, 15) is 4.39 Å². The number of hydrogen-bond donors (Lipinski definition) is 1. The Hall–Kier alpha value is -1.23. The molecule has 1 aliphatic heterocycles. The van der Waals surface area contributed by atoms with E-state index in [1.54, 1.807) is 0 Å². The fraction of sp³-hybridized carbons (Fsp3) is 0.636. The van der Waals surface area contributed by atoms with Crippen molar-refractivity contribution in [3.05, 3.63) is 18.3 Å². The van der Waals surface area contributed by atoms with Crippen LogP contribution in [0, 0.1) is 11.9 Å². The summed E-state index contributed by atoms with van der Waals surface area (Å²) in [7, 11) is 2.14. The van der Waals surface area contributed by atoms with Gasteiger partial charge in [0.1, 0.15) is 12.1 Å². The first-order chi connectivity index (χ1) is 7.74. The molecule has 0 aliphatic carbocycles. The van der Waals surface area contributed by atoms with Crippen LogP contribution < -0.4 is 5.32 Å². The number of anilines is 1. The highest BCUT2D eigenvalue weighted by Crippen LogP contribution is 2.15. The third-order valence-corrected chi connectivity index (χ3v) is 2.93. The number of piperidine rings is 1. The highest BCUT2D eigenvalue weighted by molar-refractivity contribution is 5.32. The number of hydrogen-bond acceptors (Lipinski definition) is 4. The monoisotopic (exact) mass is 224 g/mol. The first kappa shape index (κ1) is 11.3.